The normalized spacial score (nSPS) is 31.9. The third-order valence-electron chi connectivity index (χ3n) is 3.73. The molecule has 1 fully saturated rings. The summed E-state index contributed by atoms with van der Waals surface area (Å²) in [5, 5.41) is 0.178. The van der Waals surface area contributed by atoms with Crippen LogP contribution in [0.5, 0.6) is 0 Å². The van der Waals surface area contributed by atoms with Gasteiger partial charge in [-0.1, -0.05) is 13.8 Å². The summed E-state index contributed by atoms with van der Waals surface area (Å²) in [5.41, 5.74) is 0. The van der Waals surface area contributed by atoms with Gasteiger partial charge in [0.1, 0.15) is 9.84 Å². The molecule has 16 heavy (non-hydrogen) atoms. The van der Waals surface area contributed by atoms with Gasteiger partial charge in [-0.15, -0.1) is 11.6 Å². The monoisotopic (exact) mass is 266 g/mol. The molecule has 0 saturated heterocycles. The van der Waals surface area contributed by atoms with Crippen molar-refractivity contribution < 1.29 is 8.42 Å². The number of hydrogen-bond donors (Lipinski definition) is 0. The maximum absolute atomic E-state index is 11.2. The van der Waals surface area contributed by atoms with Crippen LogP contribution in [0.3, 0.4) is 0 Å². The first-order valence-corrected chi connectivity index (χ1v) is 8.61. The van der Waals surface area contributed by atoms with Gasteiger partial charge in [-0.05, 0) is 43.4 Å². The fourth-order valence-electron chi connectivity index (χ4n) is 2.53. The zero-order valence-corrected chi connectivity index (χ0v) is 12.0. The Balaban J connectivity index is 2.50. The minimum Gasteiger partial charge on any atom is -0.229 e. The Kier molecular flexibility index (Phi) is 5.11. The molecule has 0 radical (unpaired) electrons. The van der Waals surface area contributed by atoms with Crippen molar-refractivity contribution in [3.05, 3.63) is 0 Å². The molecule has 0 spiro atoms. The number of halogens is 1. The molecule has 1 aliphatic carbocycles. The minimum absolute atomic E-state index is 0.178. The van der Waals surface area contributed by atoms with E-state index in [4.69, 9.17) is 11.6 Å². The summed E-state index contributed by atoms with van der Waals surface area (Å²) in [5.74, 6) is 2.08. The van der Waals surface area contributed by atoms with Gasteiger partial charge in [0.15, 0.2) is 0 Å². The second-order valence-corrected chi connectivity index (χ2v) is 8.33. The molecule has 3 unspecified atom stereocenters. The van der Waals surface area contributed by atoms with E-state index in [0.717, 1.165) is 25.2 Å². The molecule has 0 aromatic carbocycles. The van der Waals surface area contributed by atoms with Gasteiger partial charge in [0.25, 0.3) is 0 Å². The van der Waals surface area contributed by atoms with Gasteiger partial charge >= 0.3 is 0 Å². The lowest BCUT2D eigenvalue weighted by atomic mass is 9.75. The minimum atomic E-state index is -2.84. The molecule has 96 valence electrons. The number of rotatable bonds is 4. The average Bonchev–Trinajstić information content (AvgIpc) is 2.14. The van der Waals surface area contributed by atoms with Crippen LogP contribution in [-0.4, -0.2) is 25.8 Å². The molecule has 2 nitrogen and oxygen atoms in total. The standard InChI is InChI=1S/C12H23ClO2S/c1-9(2)10-4-5-12(13)11(8-10)6-7-16(3,14)15/h9-12H,4-8H2,1-3H3. The first-order valence-electron chi connectivity index (χ1n) is 6.11. The quantitative estimate of drug-likeness (QED) is 0.733. The highest BCUT2D eigenvalue weighted by molar-refractivity contribution is 7.90. The molecule has 4 heteroatoms. The van der Waals surface area contributed by atoms with Crippen molar-refractivity contribution in [2.24, 2.45) is 17.8 Å². The van der Waals surface area contributed by atoms with Gasteiger partial charge in [-0.3, -0.25) is 0 Å². The fourth-order valence-corrected chi connectivity index (χ4v) is 3.62. The topological polar surface area (TPSA) is 34.1 Å². The summed E-state index contributed by atoms with van der Waals surface area (Å²) in [4.78, 5) is 0. The summed E-state index contributed by atoms with van der Waals surface area (Å²) in [6.45, 7) is 4.49. The maximum atomic E-state index is 11.2. The Bertz CT molecular complexity index is 311. The van der Waals surface area contributed by atoms with Gasteiger partial charge in [0, 0.05) is 11.6 Å². The molecule has 1 aliphatic rings. The van der Waals surface area contributed by atoms with E-state index < -0.39 is 9.84 Å². The van der Waals surface area contributed by atoms with Crippen LogP contribution in [-0.2, 0) is 9.84 Å². The average molecular weight is 267 g/mol. The van der Waals surface area contributed by atoms with Crippen molar-refractivity contribution in [2.45, 2.75) is 44.9 Å². The Morgan fingerprint density at radius 1 is 1.31 bits per heavy atom. The SMILES string of the molecule is CC(C)C1CCC(Cl)C(CCS(C)(=O)=O)C1. The van der Waals surface area contributed by atoms with Crippen LogP contribution in [0.15, 0.2) is 0 Å². The molecule has 3 atom stereocenters. The van der Waals surface area contributed by atoms with E-state index in [9.17, 15) is 8.42 Å². The first kappa shape index (κ1) is 14.3. The molecule has 0 heterocycles. The number of hydrogen-bond acceptors (Lipinski definition) is 2. The third kappa shape index (κ3) is 4.62. The molecular formula is C12H23ClO2S. The van der Waals surface area contributed by atoms with Gasteiger partial charge in [-0.2, -0.15) is 0 Å². The highest BCUT2D eigenvalue weighted by Crippen LogP contribution is 2.38. The van der Waals surface area contributed by atoms with Crippen molar-refractivity contribution in [1.29, 1.82) is 0 Å². The van der Waals surface area contributed by atoms with Crippen molar-refractivity contribution in [3.8, 4) is 0 Å². The van der Waals surface area contributed by atoms with Crippen LogP contribution in [0.4, 0.5) is 0 Å². The number of alkyl halides is 1. The van der Waals surface area contributed by atoms with Crippen molar-refractivity contribution in [1.82, 2.24) is 0 Å². The largest absolute Gasteiger partial charge is 0.229 e. The summed E-state index contributed by atoms with van der Waals surface area (Å²) in [6.07, 6.45) is 5.37. The lowest BCUT2D eigenvalue weighted by Crippen LogP contribution is -2.29. The Hall–Kier alpha value is 0.240. The van der Waals surface area contributed by atoms with Crippen LogP contribution in [0.25, 0.3) is 0 Å². The van der Waals surface area contributed by atoms with Gasteiger partial charge in [0.2, 0.25) is 0 Å². The van der Waals surface area contributed by atoms with Crippen molar-refractivity contribution in [2.75, 3.05) is 12.0 Å². The zero-order chi connectivity index (χ0) is 12.3. The maximum Gasteiger partial charge on any atom is 0.147 e. The van der Waals surface area contributed by atoms with Crippen LogP contribution in [0.2, 0.25) is 0 Å². The van der Waals surface area contributed by atoms with E-state index in [1.807, 2.05) is 0 Å². The summed E-state index contributed by atoms with van der Waals surface area (Å²) in [6, 6.07) is 0. The first-order chi connectivity index (χ1) is 7.29. The molecule has 0 aromatic rings. The van der Waals surface area contributed by atoms with Crippen LogP contribution in [0.1, 0.15) is 39.5 Å². The van der Waals surface area contributed by atoms with E-state index in [0.29, 0.717) is 11.8 Å². The molecule has 0 N–H and O–H groups in total. The smallest absolute Gasteiger partial charge is 0.147 e. The molecule has 1 saturated carbocycles. The summed E-state index contributed by atoms with van der Waals surface area (Å²) in [7, 11) is -2.84. The zero-order valence-electron chi connectivity index (χ0n) is 10.4. The van der Waals surface area contributed by atoms with Crippen LogP contribution < -0.4 is 0 Å². The third-order valence-corrected chi connectivity index (χ3v) is 5.28. The summed E-state index contributed by atoms with van der Waals surface area (Å²) < 4.78 is 22.3. The predicted molar refractivity (Wildman–Crippen MR) is 69.6 cm³/mol. The molecule has 0 amide bonds. The Morgan fingerprint density at radius 2 is 1.94 bits per heavy atom. The van der Waals surface area contributed by atoms with Crippen molar-refractivity contribution >= 4 is 21.4 Å². The van der Waals surface area contributed by atoms with Crippen LogP contribution >= 0.6 is 11.6 Å². The molecule has 1 rings (SSSR count). The highest BCUT2D eigenvalue weighted by atomic mass is 35.5. The number of sulfone groups is 1. The van der Waals surface area contributed by atoms with E-state index >= 15 is 0 Å². The lowest BCUT2D eigenvalue weighted by Gasteiger charge is -2.35. The predicted octanol–water partition coefficient (Wildman–Crippen LogP) is 3.10. The second-order valence-electron chi connectivity index (χ2n) is 5.51. The second kappa shape index (κ2) is 5.72. The Morgan fingerprint density at radius 3 is 2.44 bits per heavy atom. The van der Waals surface area contributed by atoms with E-state index in [1.54, 1.807) is 0 Å². The van der Waals surface area contributed by atoms with E-state index in [2.05, 4.69) is 13.8 Å². The van der Waals surface area contributed by atoms with Gasteiger partial charge < -0.3 is 0 Å². The Labute approximate surface area is 105 Å². The lowest BCUT2D eigenvalue weighted by molar-refractivity contribution is 0.215. The summed E-state index contributed by atoms with van der Waals surface area (Å²) >= 11 is 6.29. The van der Waals surface area contributed by atoms with E-state index in [1.165, 1.54) is 12.7 Å². The molecule has 0 aliphatic heterocycles. The van der Waals surface area contributed by atoms with Gasteiger partial charge in [0.05, 0.1) is 5.75 Å². The fraction of sp³-hybridized carbons (Fsp3) is 1.00. The van der Waals surface area contributed by atoms with Gasteiger partial charge in [-0.25, -0.2) is 8.42 Å². The molecular weight excluding hydrogens is 244 g/mol. The van der Waals surface area contributed by atoms with Crippen molar-refractivity contribution in [3.63, 3.8) is 0 Å². The highest BCUT2D eigenvalue weighted by Gasteiger charge is 2.30. The van der Waals surface area contributed by atoms with Crippen LogP contribution in [0, 0.1) is 17.8 Å². The molecule has 0 bridgehead atoms. The molecule has 0 aromatic heterocycles. The van der Waals surface area contributed by atoms with E-state index in [-0.39, 0.29) is 11.1 Å².